The number of anilines is 2. The standard InChI is InChI=1S/C20H24N2O2/c1-15-6-5-7-16(2)20(15)24-14-19(23)21-17-8-10-18(11-9-17)22-12-3-4-13-22/h5-11H,3-4,12-14H2,1-2H3,(H,21,23). The summed E-state index contributed by atoms with van der Waals surface area (Å²) in [6, 6.07) is 14.0. The molecule has 3 rings (SSSR count). The van der Waals surface area contributed by atoms with Crippen molar-refractivity contribution in [3.63, 3.8) is 0 Å². The predicted molar refractivity (Wildman–Crippen MR) is 97.9 cm³/mol. The van der Waals surface area contributed by atoms with Gasteiger partial charge in [0.25, 0.3) is 5.91 Å². The van der Waals surface area contributed by atoms with Gasteiger partial charge in [-0.1, -0.05) is 18.2 Å². The summed E-state index contributed by atoms with van der Waals surface area (Å²) < 4.78 is 5.69. The molecule has 0 bridgehead atoms. The van der Waals surface area contributed by atoms with E-state index >= 15 is 0 Å². The number of carbonyl (C=O) groups is 1. The van der Waals surface area contributed by atoms with Gasteiger partial charge in [0.15, 0.2) is 6.61 Å². The molecule has 1 amide bonds. The lowest BCUT2D eigenvalue weighted by atomic mass is 10.1. The minimum absolute atomic E-state index is 0.0135. The minimum Gasteiger partial charge on any atom is -0.483 e. The summed E-state index contributed by atoms with van der Waals surface area (Å²) >= 11 is 0. The van der Waals surface area contributed by atoms with E-state index in [1.165, 1.54) is 18.5 Å². The van der Waals surface area contributed by atoms with Crippen molar-refractivity contribution < 1.29 is 9.53 Å². The lowest BCUT2D eigenvalue weighted by Gasteiger charge is -2.18. The molecule has 126 valence electrons. The van der Waals surface area contributed by atoms with Crippen LogP contribution < -0.4 is 15.0 Å². The topological polar surface area (TPSA) is 41.6 Å². The van der Waals surface area contributed by atoms with Crippen LogP contribution in [0.4, 0.5) is 11.4 Å². The van der Waals surface area contributed by atoms with Crippen LogP contribution >= 0.6 is 0 Å². The number of ether oxygens (including phenoxy) is 1. The molecule has 1 saturated heterocycles. The molecule has 0 spiro atoms. The van der Waals surface area contributed by atoms with Crippen molar-refractivity contribution in [1.82, 2.24) is 0 Å². The monoisotopic (exact) mass is 324 g/mol. The summed E-state index contributed by atoms with van der Waals surface area (Å²) in [6.45, 7) is 6.22. The van der Waals surface area contributed by atoms with Gasteiger partial charge in [0.05, 0.1) is 0 Å². The maximum atomic E-state index is 12.1. The molecule has 4 nitrogen and oxygen atoms in total. The van der Waals surface area contributed by atoms with Crippen LogP contribution in [0.2, 0.25) is 0 Å². The maximum Gasteiger partial charge on any atom is 0.262 e. The Bertz CT molecular complexity index is 684. The van der Waals surface area contributed by atoms with E-state index < -0.39 is 0 Å². The van der Waals surface area contributed by atoms with Crippen molar-refractivity contribution >= 4 is 17.3 Å². The Morgan fingerprint density at radius 1 is 1.04 bits per heavy atom. The molecule has 0 aliphatic carbocycles. The third-order valence-corrected chi connectivity index (χ3v) is 4.38. The van der Waals surface area contributed by atoms with Crippen molar-refractivity contribution in [2.24, 2.45) is 0 Å². The Hall–Kier alpha value is -2.49. The molecule has 1 aliphatic heterocycles. The molecule has 4 heteroatoms. The van der Waals surface area contributed by atoms with Crippen LogP contribution in [0.3, 0.4) is 0 Å². The van der Waals surface area contributed by atoms with Gasteiger partial charge in [-0.25, -0.2) is 0 Å². The third-order valence-electron chi connectivity index (χ3n) is 4.38. The number of para-hydroxylation sites is 1. The lowest BCUT2D eigenvalue weighted by Crippen LogP contribution is -2.21. The Morgan fingerprint density at radius 3 is 2.29 bits per heavy atom. The Labute approximate surface area is 143 Å². The Morgan fingerprint density at radius 2 is 1.67 bits per heavy atom. The van der Waals surface area contributed by atoms with Crippen molar-refractivity contribution in [2.45, 2.75) is 26.7 Å². The van der Waals surface area contributed by atoms with Gasteiger partial charge < -0.3 is 15.0 Å². The zero-order valence-electron chi connectivity index (χ0n) is 14.3. The second-order valence-electron chi connectivity index (χ2n) is 6.30. The molecule has 0 unspecified atom stereocenters. The Kier molecular flexibility index (Phi) is 5.04. The first-order chi connectivity index (χ1) is 11.6. The largest absolute Gasteiger partial charge is 0.483 e. The average molecular weight is 324 g/mol. The van der Waals surface area contributed by atoms with E-state index in [-0.39, 0.29) is 12.5 Å². The zero-order valence-corrected chi connectivity index (χ0v) is 14.3. The second kappa shape index (κ2) is 7.39. The summed E-state index contributed by atoms with van der Waals surface area (Å²) in [5, 5.41) is 2.89. The molecule has 0 atom stereocenters. The molecule has 1 fully saturated rings. The van der Waals surface area contributed by atoms with Crippen molar-refractivity contribution in [3.05, 3.63) is 53.6 Å². The van der Waals surface area contributed by atoms with Crippen molar-refractivity contribution in [3.8, 4) is 5.75 Å². The first-order valence-corrected chi connectivity index (χ1v) is 8.47. The molecule has 1 aliphatic rings. The number of nitrogens with zero attached hydrogens (tertiary/aromatic N) is 1. The minimum atomic E-state index is -0.147. The van der Waals surface area contributed by atoms with Crippen LogP contribution in [-0.2, 0) is 4.79 Å². The van der Waals surface area contributed by atoms with E-state index in [0.29, 0.717) is 0 Å². The number of benzene rings is 2. The van der Waals surface area contributed by atoms with Gasteiger partial charge in [0, 0.05) is 24.5 Å². The maximum absolute atomic E-state index is 12.1. The number of aryl methyl sites for hydroxylation is 2. The summed E-state index contributed by atoms with van der Waals surface area (Å²) in [5.74, 6) is 0.642. The highest BCUT2D eigenvalue weighted by atomic mass is 16.5. The zero-order chi connectivity index (χ0) is 16.9. The average Bonchev–Trinajstić information content (AvgIpc) is 3.09. The number of amides is 1. The van der Waals surface area contributed by atoms with Gasteiger partial charge in [0.2, 0.25) is 0 Å². The van der Waals surface area contributed by atoms with Crippen LogP contribution in [0.1, 0.15) is 24.0 Å². The summed E-state index contributed by atoms with van der Waals surface area (Å²) in [5.41, 5.74) is 4.10. The Balaban J connectivity index is 1.55. The molecule has 1 N–H and O–H groups in total. The molecule has 1 heterocycles. The molecule has 0 radical (unpaired) electrons. The molecule has 2 aromatic rings. The number of carbonyl (C=O) groups excluding carboxylic acids is 1. The van der Waals surface area contributed by atoms with E-state index in [9.17, 15) is 4.79 Å². The predicted octanol–water partition coefficient (Wildman–Crippen LogP) is 3.92. The smallest absolute Gasteiger partial charge is 0.262 e. The van der Waals surface area contributed by atoms with E-state index in [4.69, 9.17) is 4.74 Å². The number of rotatable bonds is 5. The molecular formula is C20H24N2O2. The van der Waals surface area contributed by atoms with Gasteiger partial charge in [-0.15, -0.1) is 0 Å². The molecular weight excluding hydrogens is 300 g/mol. The first kappa shape index (κ1) is 16.4. The normalized spacial score (nSPS) is 13.8. The second-order valence-corrected chi connectivity index (χ2v) is 6.30. The van der Waals surface area contributed by atoms with Crippen LogP contribution in [0, 0.1) is 13.8 Å². The van der Waals surface area contributed by atoms with E-state index in [2.05, 4.69) is 22.3 Å². The quantitative estimate of drug-likeness (QED) is 0.906. The van der Waals surface area contributed by atoms with Crippen LogP contribution in [0.25, 0.3) is 0 Å². The summed E-state index contributed by atoms with van der Waals surface area (Å²) in [7, 11) is 0. The van der Waals surface area contributed by atoms with Gasteiger partial charge in [-0.2, -0.15) is 0 Å². The molecule has 0 aromatic heterocycles. The SMILES string of the molecule is Cc1cccc(C)c1OCC(=O)Nc1ccc(N2CCCC2)cc1. The highest BCUT2D eigenvalue weighted by Gasteiger charge is 2.12. The molecule has 2 aromatic carbocycles. The fourth-order valence-corrected chi connectivity index (χ4v) is 3.09. The fraction of sp³-hybridized carbons (Fsp3) is 0.350. The fourth-order valence-electron chi connectivity index (χ4n) is 3.09. The highest BCUT2D eigenvalue weighted by Crippen LogP contribution is 2.23. The van der Waals surface area contributed by atoms with Gasteiger partial charge >= 0.3 is 0 Å². The van der Waals surface area contributed by atoms with Gasteiger partial charge in [-0.05, 0) is 62.1 Å². The number of hydrogen-bond donors (Lipinski definition) is 1. The van der Waals surface area contributed by atoms with Crippen molar-refractivity contribution in [1.29, 1.82) is 0 Å². The van der Waals surface area contributed by atoms with Gasteiger partial charge in [-0.3, -0.25) is 4.79 Å². The third kappa shape index (κ3) is 3.88. The lowest BCUT2D eigenvalue weighted by molar-refractivity contribution is -0.118. The van der Waals surface area contributed by atoms with E-state index in [1.807, 2.05) is 44.2 Å². The van der Waals surface area contributed by atoms with E-state index in [1.54, 1.807) is 0 Å². The molecule has 0 saturated carbocycles. The summed E-state index contributed by atoms with van der Waals surface area (Å²) in [4.78, 5) is 14.5. The summed E-state index contributed by atoms with van der Waals surface area (Å²) in [6.07, 6.45) is 2.52. The van der Waals surface area contributed by atoms with Crippen LogP contribution in [-0.4, -0.2) is 25.6 Å². The highest BCUT2D eigenvalue weighted by molar-refractivity contribution is 5.92. The number of hydrogen-bond acceptors (Lipinski definition) is 3. The number of nitrogens with one attached hydrogen (secondary N) is 1. The van der Waals surface area contributed by atoms with E-state index in [0.717, 1.165) is 35.7 Å². The molecule has 24 heavy (non-hydrogen) atoms. The van der Waals surface area contributed by atoms with Gasteiger partial charge in [0.1, 0.15) is 5.75 Å². The van der Waals surface area contributed by atoms with Crippen LogP contribution in [0.5, 0.6) is 5.75 Å². The van der Waals surface area contributed by atoms with Crippen molar-refractivity contribution in [2.75, 3.05) is 29.9 Å². The first-order valence-electron chi connectivity index (χ1n) is 8.47. The van der Waals surface area contributed by atoms with Crippen LogP contribution in [0.15, 0.2) is 42.5 Å².